The van der Waals surface area contributed by atoms with Crippen LogP contribution in [0.4, 0.5) is 4.79 Å². The first-order chi connectivity index (χ1) is 11.2. The number of hydrogen-bond donors (Lipinski definition) is 1. The average molecular weight is 335 g/mol. The van der Waals surface area contributed by atoms with Crippen molar-refractivity contribution in [2.45, 2.75) is 52.2 Å². The Bertz CT molecular complexity index is 565. The van der Waals surface area contributed by atoms with Gasteiger partial charge in [-0.1, -0.05) is 26.0 Å². The predicted octanol–water partition coefficient (Wildman–Crippen LogP) is 3.42. The molecule has 0 aliphatic carbocycles. The van der Waals surface area contributed by atoms with Crippen LogP contribution in [-0.2, 0) is 4.74 Å². The number of hydrogen-bond acceptors (Lipinski definition) is 4. The Hall–Kier alpha value is -1.75. The molecule has 134 valence electrons. The second-order valence-corrected chi connectivity index (χ2v) is 7.71. The van der Waals surface area contributed by atoms with Crippen LogP contribution in [0.2, 0.25) is 0 Å². The minimum Gasteiger partial charge on any atom is -0.488 e. The zero-order chi connectivity index (χ0) is 17.9. The third-order valence-corrected chi connectivity index (χ3v) is 4.08. The molecule has 5 heteroatoms. The van der Waals surface area contributed by atoms with Crippen molar-refractivity contribution < 1.29 is 19.4 Å². The van der Waals surface area contributed by atoms with E-state index in [1.54, 1.807) is 4.90 Å². The van der Waals surface area contributed by atoms with Crippen molar-refractivity contribution in [3.63, 3.8) is 0 Å². The van der Waals surface area contributed by atoms with Gasteiger partial charge in [0.1, 0.15) is 17.5 Å². The number of carbonyl (C=O) groups excluding carboxylic acids is 1. The van der Waals surface area contributed by atoms with E-state index in [0.29, 0.717) is 19.0 Å². The van der Waals surface area contributed by atoms with Gasteiger partial charge in [-0.15, -0.1) is 0 Å². The molecule has 24 heavy (non-hydrogen) atoms. The van der Waals surface area contributed by atoms with Gasteiger partial charge in [-0.2, -0.15) is 0 Å². The maximum atomic E-state index is 12.2. The summed E-state index contributed by atoms with van der Waals surface area (Å²) >= 11 is 0. The summed E-state index contributed by atoms with van der Waals surface area (Å²) in [4.78, 5) is 13.8. The Morgan fingerprint density at radius 1 is 1.33 bits per heavy atom. The third-order valence-electron chi connectivity index (χ3n) is 4.08. The average Bonchev–Trinajstić information content (AvgIpc) is 2.89. The summed E-state index contributed by atoms with van der Waals surface area (Å²) in [6, 6.07) is 7.98. The van der Waals surface area contributed by atoms with Crippen LogP contribution in [-0.4, -0.2) is 47.5 Å². The van der Waals surface area contributed by atoms with Gasteiger partial charge in [-0.25, -0.2) is 4.79 Å². The number of amides is 1. The fourth-order valence-corrected chi connectivity index (χ4v) is 2.75. The van der Waals surface area contributed by atoms with Crippen molar-refractivity contribution >= 4 is 6.09 Å². The summed E-state index contributed by atoms with van der Waals surface area (Å²) in [6.45, 7) is 10.6. The van der Waals surface area contributed by atoms with Gasteiger partial charge in [-0.3, -0.25) is 0 Å². The van der Waals surface area contributed by atoms with E-state index in [4.69, 9.17) is 9.47 Å². The van der Waals surface area contributed by atoms with Crippen LogP contribution in [0.3, 0.4) is 0 Å². The molecule has 0 aromatic heterocycles. The van der Waals surface area contributed by atoms with Crippen LogP contribution in [0, 0.1) is 5.92 Å². The molecule has 5 nitrogen and oxygen atoms in total. The molecule has 2 unspecified atom stereocenters. The van der Waals surface area contributed by atoms with E-state index in [-0.39, 0.29) is 24.7 Å². The van der Waals surface area contributed by atoms with Crippen LogP contribution in [0.25, 0.3) is 0 Å². The normalized spacial score (nSPS) is 21.2. The van der Waals surface area contributed by atoms with Crippen molar-refractivity contribution in [3.8, 4) is 5.75 Å². The highest BCUT2D eigenvalue weighted by molar-refractivity contribution is 5.68. The lowest BCUT2D eigenvalue weighted by Crippen LogP contribution is -2.36. The number of nitrogens with zero attached hydrogens (tertiary/aromatic N) is 1. The number of benzene rings is 1. The molecule has 0 spiro atoms. The third kappa shape index (κ3) is 4.87. The lowest BCUT2D eigenvalue weighted by Gasteiger charge is -2.24. The van der Waals surface area contributed by atoms with Gasteiger partial charge in [0.15, 0.2) is 0 Å². The zero-order valence-electron chi connectivity index (χ0n) is 15.3. The summed E-state index contributed by atoms with van der Waals surface area (Å²) < 4.78 is 11.5. The van der Waals surface area contributed by atoms with E-state index in [1.807, 2.05) is 39.0 Å². The Balaban J connectivity index is 2.05. The molecule has 1 aliphatic heterocycles. The van der Waals surface area contributed by atoms with Crippen LogP contribution >= 0.6 is 0 Å². The molecule has 0 radical (unpaired) electrons. The number of ether oxygens (including phenoxy) is 2. The van der Waals surface area contributed by atoms with Crippen molar-refractivity contribution in [2.75, 3.05) is 19.7 Å². The lowest BCUT2D eigenvalue weighted by molar-refractivity contribution is 0.0274. The fourth-order valence-electron chi connectivity index (χ4n) is 2.75. The highest BCUT2D eigenvalue weighted by Gasteiger charge is 2.38. The summed E-state index contributed by atoms with van der Waals surface area (Å²) in [5, 5.41) is 9.63. The van der Waals surface area contributed by atoms with Gasteiger partial charge in [0.25, 0.3) is 0 Å². The van der Waals surface area contributed by atoms with Gasteiger partial charge in [0.05, 0.1) is 13.2 Å². The first-order valence-corrected chi connectivity index (χ1v) is 8.55. The van der Waals surface area contributed by atoms with Crippen LogP contribution < -0.4 is 4.74 Å². The highest BCUT2D eigenvalue weighted by atomic mass is 16.6. The number of likely N-dealkylation sites (tertiary alicyclic amines) is 1. The Labute approximate surface area is 144 Å². The second-order valence-electron chi connectivity index (χ2n) is 7.71. The van der Waals surface area contributed by atoms with Crippen LogP contribution in [0.5, 0.6) is 5.75 Å². The topological polar surface area (TPSA) is 59.0 Å². The SMILES string of the molecule is CC(C)c1cccc(OC2CN(C(=O)OC(C)(C)C)CC2CO)c1. The molecule has 1 aromatic rings. The van der Waals surface area contributed by atoms with Crippen molar-refractivity contribution in [1.82, 2.24) is 4.90 Å². The fraction of sp³-hybridized carbons (Fsp3) is 0.632. The molecule has 1 aromatic carbocycles. The largest absolute Gasteiger partial charge is 0.488 e. The summed E-state index contributed by atoms with van der Waals surface area (Å²) in [6.07, 6.45) is -0.590. The molecule has 2 atom stereocenters. The summed E-state index contributed by atoms with van der Waals surface area (Å²) in [7, 11) is 0. The molecule has 2 rings (SSSR count). The molecule has 1 heterocycles. The van der Waals surface area contributed by atoms with Gasteiger partial charge in [0, 0.05) is 12.5 Å². The summed E-state index contributed by atoms with van der Waals surface area (Å²) in [5.41, 5.74) is 0.672. The predicted molar refractivity (Wildman–Crippen MR) is 93.3 cm³/mol. The quantitative estimate of drug-likeness (QED) is 0.916. The van der Waals surface area contributed by atoms with E-state index >= 15 is 0 Å². The number of rotatable bonds is 4. The Morgan fingerprint density at radius 3 is 2.62 bits per heavy atom. The molecule has 0 bridgehead atoms. The molecular formula is C19H29NO4. The van der Waals surface area contributed by atoms with E-state index < -0.39 is 5.60 Å². The lowest BCUT2D eigenvalue weighted by atomic mass is 10.0. The van der Waals surface area contributed by atoms with E-state index in [9.17, 15) is 9.90 Å². The monoisotopic (exact) mass is 335 g/mol. The Morgan fingerprint density at radius 2 is 2.04 bits per heavy atom. The molecule has 1 aliphatic rings. The van der Waals surface area contributed by atoms with E-state index in [2.05, 4.69) is 19.9 Å². The first kappa shape index (κ1) is 18.6. The molecule has 1 amide bonds. The van der Waals surface area contributed by atoms with Crippen molar-refractivity contribution in [3.05, 3.63) is 29.8 Å². The van der Waals surface area contributed by atoms with Gasteiger partial charge in [0.2, 0.25) is 0 Å². The highest BCUT2D eigenvalue weighted by Crippen LogP contribution is 2.26. The van der Waals surface area contributed by atoms with Crippen LogP contribution in [0.1, 0.15) is 46.1 Å². The Kier molecular flexibility index (Phi) is 5.75. The molecule has 1 N–H and O–H groups in total. The maximum Gasteiger partial charge on any atom is 0.410 e. The molecule has 0 saturated carbocycles. The minimum atomic E-state index is -0.531. The van der Waals surface area contributed by atoms with E-state index in [0.717, 1.165) is 5.75 Å². The molecular weight excluding hydrogens is 306 g/mol. The standard InChI is InChI=1S/C19H29NO4/c1-13(2)14-7-6-8-16(9-14)23-17-11-20(10-15(17)12-21)18(22)24-19(3,4)5/h6-9,13,15,17,21H,10-12H2,1-5H3. The molecule has 1 fully saturated rings. The minimum absolute atomic E-state index is 0.0200. The van der Waals surface area contributed by atoms with Gasteiger partial charge >= 0.3 is 6.09 Å². The van der Waals surface area contributed by atoms with Gasteiger partial charge < -0.3 is 19.5 Å². The number of aliphatic hydroxyl groups is 1. The zero-order valence-corrected chi connectivity index (χ0v) is 15.3. The van der Waals surface area contributed by atoms with Crippen molar-refractivity contribution in [2.24, 2.45) is 5.92 Å². The molecule has 1 saturated heterocycles. The van der Waals surface area contributed by atoms with Crippen molar-refractivity contribution in [1.29, 1.82) is 0 Å². The second kappa shape index (κ2) is 7.43. The van der Waals surface area contributed by atoms with Gasteiger partial charge in [-0.05, 0) is 44.4 Å². The first-order valence-electron chi connectivity index (χ1n) is 8.55. The smallest absolute Gasteiger partial charge is 0.410 e. The van der Waals surface area contributed by atoms with Crippen LogP contribution in [0.15, 0.2) is 24.3 Å². The van der Waals surface area contributed by atoms with E-state index in [1.165, 1.54) is 5.56 Å². The maximum absolute atomic E-state index is 12.2. The summed E-state index contributed by atoms with van der Waals surface area (Å²) in [5.74, 6) is 1.08. The number of carbonyl (C=O) groups is 1. The number of aliphatic hydroxyl groups excluding tert-OH is 1.